The highest BCUT2D eigenvalue weighted by Crippen LogP contribution is 2.19. The van der Waals surface area contributed by atoms with Gasteiger partial charge in [-0.2, -0.15) is 5.10 Å². The van der Waals surface area contributed by atoms with Crippen molar-refractivity contribution >= 4 is 17.5 Å². The molecule has 3 N–H and O–H groups in total. The monoisotopic (exact) mass is 271 g/mol. The van der Waals surface area contributed by atoms with E-state index in [-0.39, 0.29) is 17.6 Å². The lowest BCUT2D eigenvalue weighted by Crippen LogP contribution is -2.25. The van der Waals surface area contributed by atoms with Gasteiger partial charge in [-0.1, -0.05) is 0 Å². The molecular formula is C13H13N5O2. The Hall–Kier alpha value is -2.70. The molecule has 102 valence electrons. The molecule has 1 aromatic carbocycles. The lowest BCUT2D eigenvalue weighted by atomic mass is 10.2. The van der Waals surface area contributed by atoms with E-state index in [1.54, 1.807) is 24.3 Å². The highest BCUT2D eigenvalue weighted by Gasteiger charge is 2.23. The van der Waals surface area contributed by atoms with E-state index in [9.17, 15) is 9.59 Å². The molecule has 0 aliphatic heterocycles. The van der Waals surface area contributed by atoms with Crippen LogP contribution in [0, 0.1) is 0 Å². The van der Waals surface area contributed by atoms with Crippen molar-refractivity contribution in [1.82, 2.24) is 20.5 Å². The van der Waals surface area contributed by atoms with Gasteiger partial charge in [0.15, 0.2) is 0 Å². The number of H-pyrrole nitrogens is 1. The first-order valence-corrected chi connectivity index (χ1v) is 6.30. The average Bonchev–Trinajstić information content (AvgIpc) is 3.08. The summed E-state index contributed by atoms with van der Waals surface area (Å²) in [5.41, 5.74) is 1.17. The van der Waals surface area contributed by atoms with E-state index >= 15 is 0 Å². The lowest BCUT2D eigenvalue weighted by Gasteiger charge is -2.05. The van der Waals surface area contributed by atoms with E-state index in [4.69, 9.17) is 0 Å². The van der Waals surface area contributed by atoms with Crippen LogP contribution in [0.2, 0.25) is 0 Å². The number of anilines is 1. The standard InChI is InChI=1S/C13H13N5O2/c19-12(16-10-5-6-10)8-1-3-9(4-2-8)17-13(20)11-14-7-15-18-11/h1-4,7,10H,5-6H2,(H,16,19)(H,17,20)(H,14,15,18). The summed E-state index contributed by atoms with van der Waals surface area (Å²) < 4.78 is 0. The van der Waals surface area contributed by atoms with Gasteiger partial charge in [0.1, 0.15) is 6.33 Å². The second-order valence-corrected chi connectivity index (χ2v) is 4.61. The lowest BCUT2D eigenvalue weighted by molar-refractivity contribution is 0.0950. The number of hydrogen-bond acceptors (Lipinski definition) is 4. The first kappa shape index (κ1) is 12.3. The molecule has 1 saturated carbocycles. The van der Waals surface area contributed by atoms with Crippen LogP contribution < -0.4 is 10.6 Å². The normalized spacial score (nSPS) is 13.8. The van der Waals surface area contributed by atoms with Gasteiger partial charge in [-0.15, -0.1) is 0 Å². The van der Waals surface area contributed by atoms with Crippen molar-refractivity contribution in [1.29, 1.82) is 0 Å². The fraction of sp³-hybridized carbons (Fsp3) is 0.231. The molecule has 3 rings (SSSR count). The summed E-state index contributed by atoms with van der Waals surface area (Å²) in [7, 11) is 0. The molecule has 1 fully saturated rings. The maximum atomic E-state index is 11.8. The minimum atomic E-state index is -0.377. The Bertz CT molecular complexity index is 617. The fourth-order valence-corrected chi connectivity index (χ4v) is 1.71. The van der Waals surface area contributed by atoms with Gasteiger partial charge in [0.05, 0.1) is 0 Å². The quantitative estimate of drug-likeness (QED) is 0.770. The zero-order valence-electron chi connectivity index (χ0n) is 10.6. The highest BCUT2D eigenvalue weighted by atomic mass is 16.2. The van der Waals surface area contributed by atoms with Crippen molar-refractivity contribution in [3.63, 3.8) is 0 Å². The third kappa shape index (κ3) is 2.82. The van der Waals surface area contributed by atoms with Gasteiger partial charge < -0.3 is 10.6 Å². The van der Waals surface area contributed by atoms with Gasteiger partial charge in [-0.05, 0) is 37.1 Å². The third-order valence-corrected chi connectivity index (χ3v) is 2.95. The number of amides is 2. The first-order chi connectivity index (χ1) is 9.72. The molecule has 1 heterocycles. The summed E-state index contributed by atoms with van der Waals surface area (Å²) in [5, 5.41) is 11.6. The van der Waals surface area contributed by atoms with Crippen LogP contribution in [0.3, 0.4) is 0 Å². The maximum Gasteiger partial charge on any atom is 0.292 e. The molecule has 0 bridgehead atoms. The third-order valence-electron chi connectivity index (χ3n) is 2.95. The number of aromatic nitrogens is 3. The van der Waals surface area contributed by atoms with Crippen molar-refractivity contribution in [3.8, 4) is 0 Å². The zero-order chi connectivity index (χ0) is 13.9. The number of aromatic amines is 1. The van der Waals surface area contributed by atoms with Gasteiger partial charge in [0.25, 0.3) is 11.8 Å². The average molecular weight is 271 g/mol. The molecule has 0 spiro atoms. The Balaban J connectivity index is 1.63. The summed E-state index contributed by atoms with van der Waals surface area (Å²) in [4.78, 5) is 27.3. The molecular weight excluding hydrogens is 258 g/mol. The second-order valence-electron chi connectivity index (χ2n) is 4.61. The SMILES string of the molecule is O=C(NC1CC1)c1ccc(NC(=O)c2ncn[nH]2)cc1. The Labute approximate surface area is 114 Å². The summed E-state index contributed by atoms with van der Waals surface area (Å²) in [5.74, 6) is -0.321. The van der Waals surface area contributed by atoms with Crippen LogP contribution in [0.5, 0.6) is 0 Å². The smallest absolute Gasteiger partial charge is 0.292 e. The van der Waals surface area contributed by atoms with Gasteiger partial charge in [0.2, 0.25) is 5.82 Å². The number of rotatable bonds is 4. The predicted molar refractivity (Wildman–Crippen MR) is 71.3 cm³/mol. The van der Waals surface area contributed by atoms with Crippen LogP contribution in [0.1, 0.15) is 33.8 Å². The van der Waals surface area contributed by atoms with Crippen molar-refractivity contribution in [3.05, 3.63) is 42.0 Å². The number of carbonyl (C=O) groups excluding carboxylic acids is 2. The molecule has 0 radical (unpaired) electrons. The van der Waals surface area contributed by atoms with Gasteiger partial charge in [0, 0.05) is 17.3 Å². The maximum absolute atomic E-state index is 11.8. The second kappa shape index (κ2) is 5.12. The van der Waals surface area contributed by atoms with E-state index in [2.05, 4.69) is 25.8 Å². The minimum Gasteiger partial charge on any atom is -0.349 e. The van der Waals surface area contributed by atoms with Crippen molar-refractivity contribution in [2.45, 2.75) is 18.9 Å². The van der Waals surface area contributed by atoms with E-state index in [0.717, 1.165) is 12.8 Å². The molecule has 0 unspecified atom stereocenters. The Morgan fingerprint density at radius 2 is 1.90 bits per heavy atom. The molecule has 0 atom stereocenters. The van der Waals surface area contributed by atoms with Gasteiger partial charge in [-0.3, -0.25) is 14.7 Å². The Morgan fingerprint density at radius 1 is 1.15 bits per heavy atom. The molecule has 7 heteroatoms. The van der Waals surface area contributed by atoms with Crippen LogP contribution in [-0.2, 0) is 0 Å². The van der Waals surface area contributed by atoms with E-state index < -0.39 is 0 Å². The van der Waals surface area contributed by atoms with Crippen LogP contribution in [0.4, 0.5) is 5.69 Å². The fourth-order valence-electron chi connectivity index (χ4n) is 1.71. The number of hydrogen-bond donors (Lipinski definition) is 3. The summed E-state index contributed by atoms with van der Waals surface area (Å²) in [6.07, 6.45) is 3.37. The minimum absolute atomic E-state index is 0.0828. The zero-order valence-corrected chi connectivity index (χ0v) is 10.6. The molecule has 7 nitrogen and oxygen atoms in total. The van der Waals surface area contributed by atoms with Gasteiger partial charge >= 0.3 is 0 Å². The summed E-state index contributed by atoms with van der Waals surface area (Å²) in [6, 6.07) is 7.03. The molecule has 2 amide bonds. The summed E-state index contributed by atoms with van der Waals surface area (Å²) in [6.45, 7) is 0. The van der Waals surface area contributed by atoms with Crippen LogP contribution in [0.25, 0.3) is 0 Å². The van der Waals surface area contributed by atoms with Crippen molar-refractivity contribution < 1.29 is 9.59 Å². The van der Waals surface area contributed by atoms with Crippen molar-refractivity contribution in [2.24, 2.45) is 0 Å². The molecule has 1 aliphatic rings. The number of carbonyl (C=O) groups is 2. The van der Waals surface area contributed by atoms with Crippen molar-refractivity contribution in [2.75, 3.05) is 5.32 Å². The molecule has 1 aromatic heterocycles. The molecule has 20 heavy (non-hydrogen) atoms. The molecule has 2 aromatic rings. The van der Waals surface area contributed by atoms with Crippen LogP contribution in [-0.4, -0.2) is 33.0 Å². The highest BCUT2D eigenvalue weighted by molar-refractivity contribution is 6.02. The van der Waals surface area contributed by atoms with Gasteiger partial charge in [-0.25, -0.2) is 4.98 Å². The largest absolute Gasteiger partial charge is 0.349 e. The Morgan fingerprint density at radius 3 is 2.50 bits per heavy atom. The topological polar surface area (TPSA) is 99.8 Å². The predicted octanol–water partition coefficient (Wildman–Crippen LogP) is 0.949. The molecule has 1 aliphatic carbocycles. The van der Waals surface area contributed by atoms with E-state index in [1.807, 2.05) is 0 Å². The Kier molecular flexibility index (Phi) is 3.16. The number of nitrogens with zero attached hydrogens (tertiary/aromatic N) is 2. The van der Waals surface area contributed by atoms with E-state index in [1.165, 1.54) is 6.33 Å². The first-order valence-electron chi connectivity index (χ1n) is 6.30. The van der Waals surface area contributed by atoms with Crippen LogP contribution >= 0.6 is 0 Å². The molecule has 0 saturated heterocycles. The van der Waals surface area contributed by atoms with E-state index in [0.29, 0.717) is 17.3 Å². The number of benzene rings is 1. The van der Waals surface area contributed by atoms with Crippen LogP contribution in [0.15, 0.2) is 30.6 Å². The number of nitrogens with one attached hydrogen (secondary N) is 3. The summed E-state index contributed by atoms with van der Waals surface area (Å²) >= 11 is 0.